The van der Waals surface area contributed by atoms with Gasteiger partial charge in [0.2, 0.25) is 10.0 Å². The first kappa shape index (κ1) is 23.1. The highest BCUT2D eigenvalue weighted by Gasteiger charge is 2.39. The molecule has 2 saturated heterocycles. The largest absolute Gasteiger partial charge is 0.379 e. The number of ether oxygens (including phenoxy) is 2. The molecule has 2 aliphatic heterocycles. The molecule has 2 heterocycles. The summed E-state index contributed by atoms with van der Waals surface area (Å²) in [6, 6.07) is 6.64. The van der Waals surface area contributed by atoms with Gasteiger partial charge in [0.05, 0.1) is 18.1 Å². The number of benzene rings is 1. The molecule has 2 N–H and O–H groups in total. The minimum absolute atomic E-state index is 0. The number of nitrogens with one attached hydrogen (secondary N) is 2. The summed E-state index contributed by atoms with van der Waals surface area (Å²) >= 11 is 0. The number of piperidine rings is 1. The average Bonchev–Trinajstić information content (AvgIpc) is 2.73. The van der Waals surface area contributed by atoms with Crippen molar-refractivity contribution in [3.05, 3.63) is 29.8 Å². The SMILES string of the molecule is COC1(C(=O)NCc2ccc(S(=O)(=O)N3CCOCC3)cc2)CCNCC1.Cl. The molecule has 2 aliphatic rings. The summed E-state index contributed by atoms with van der Waals surface area (Å²) in [5.74, 6) is -0.128. The van der Waals surface area contributed by atoms with Crippen molar-refractivity contribution in [3.8, 4) is 0 Å². The van der Waals surface area contributed by atoms with Crippen LogP contribution in [-0.4, -0.2) is 70.7 Å². The van der Waals surface area contributed by atoms with E-state index in [0.717, 1.165) is 18.7 Å². The molecule has 0 saturated carbocycles. The molecule has 1 aromatic rings. The molecule has 1 aromatic carbocycles. The van der Waals surface area contributed by atoms with Gasteiger partial charge in [-0.2, -0.15) is 4.31 Å². The van der Waals surface area contributed by atoms with Gasteiger partial charge in [0, 0.05) is 26.7 Å². The number of hydrogen-bond acceptors (Lipinski definition) is 6. The summed E-state index contributed by atoms with van der Waals surface area (Å²) in [4.78, 5) is 12.8. The number of nitrogens with zero attached hydrogens (tertiary/aromatic N) is 1. The first-order valence-corrected chi connectivity index (χ1v) is 10.6. The lowest BCUT2D eigenvalue weighted by Gasteiger charge is -2.34. The van der Waals surface area contributed by atoms with Crippen LogP contribution < -0.4 is 10.6 Å². The Morgan fingerprint density at radius 3 is 2.39 bits per heavy atom. The molecular weight excluding hydrogens is 406 g/mol. The van der Waals surface area contributed by atoms with Gasteiger partial charge >= 0.3 is 0 Å². The molecule has 0 spiro atoms. The third-order valence-corrected chi connectivity index (χ3v) is 7.11. The van der Waals surface area contributed by atoms with Gasteiger partial charge in [-0.1, -0.05) is 12.1 Å². The lowest BCUT2D eigenvalue weighted by Crippen LogP contribution is -2.53. The fourth-order valence-corrected chi connectivity index (χ4v) is 4.82. The Labute approximate surface area is 172 Å². The van der Waals surface area contributed by atoms with E-state index in [1.54, 1.807) is 31.4 Å². The number of carbonyl (C=O) groups is 1. The average molecular weight is 434 g/mol. The lowest BCUT2D eigenvalue weighted by atomic mass is 9.91. The van der Waals surface area contributed by atoms with Crippen molar-refractivity contribution in [2.45, 2.75) is 29.9 Å². The maximum Gasteiger partial charge on any atom is 0.252 e. The fourth-order valence-electron chi connectivity index (χ4n) is 3.41. The molecule has 1 amide bonds. The van der Waals surface area contributed by atoms with E-state index in [0.29, 0.717) is 45.7 Å². The molecule has 0 unspecified atom stereocenters. The smallest absolute Gasteiger partial charge is 0.252 e. The van der Waals surface area contributed by atoms with E-state index in [1.165, 1.54) is 4.31 Å². The van der Waals surface area contributed by atoms with Gasteiger partial charge in [0.15, 0.2) is 0 Å². The van der Waals surface area contributed by atoms with Crippen LogP contribution in [0.2, 0.25) is 0 Å². The Balaban J connectivity index is 0.00000280. The van der Waals surface area contributed by atoms with Crippen LogP contribution >= 0.6 is 12.4 Å². The van der Waals surface area contributed by atoms with Crippen LogP contribution in [-0.2, 0) is 30.8 Å². The van der Waals surface area contributed by atoms with Crippen molar-refractivity contribution < 1.29 is 22.7 Å². The van der Waals surface area contributed by atoms with Crippen molar-refractivity contribution >= 4 is 28.3 Å². The molecule has 3 rings (SSSR count). The van der Waals surface area contributed by atoms with Crippen LogP contribution in [0.25, 0.3) is 0 Å². The highest BCUT2D eigenvalue weighted by Crippen LogP contribution is 2.23. The Hall–Kier alpha value is -1.23. The van der Waals surface area contributed by atoms with Crippen molar-refractivity contribution in [2.24, 2.45) is 0 Å². The van der Waals surface area contributed by atoms with Crippen LogP contribution in [0, 0.1) is 0 Å². The molecule has 0 bridgehead atoms. The van der Waals surface area contributed by atoms with Crippen LogP contribution in [0.3, 0.4) is 0 Å². The third kappa shape index (κ3) is 5.03. The maximum atomic E-state index is 12.6. The first-order chi connectivity index (χ1) is 13.0. The van der Waals surface area contributed by atoms with Crippen LogP contribution in [0.5, 0.6) is 0 Å². The number of sulfonamides is 1. The monoisotopic (exact) mass is 433 g/mol. The van der Waals surface area contributed by atoms with E-state index >= 15 is 0 Å². The Kier molecular flexibility index (Phi) is 8.23. The van der Waals surface area contributed by atoms with Crippen LogP contribution in [0.15, 0.2) is 29.2 Å². The van der Waals surface area contributed by atoms with E-state index in [2.05, 4.69) is 10.6 Å². The molecule has 28 heavy (non-hydrogen) atoms. The zero-order chi connectivity index (χ0) is 19.3. The number of halogens is 1. The Morgan fingerprint density at radius 2 is 1.82 bits per heavy atom. The van der Waals surface area contributed by atoms with E-state index in [-0.39, 0.29) is 23.2 Å². The van der Waals surface area contributed by atoms with E-state index in [1.807, 2.05) is 0 Å². The van der Waals surface area contributed by atoms with E-state index in [9.17, 15) is 13.2 Å². The zero-order valence-corrected chi connectivity index (χ0v) is 17.6. The normalized spacial score (nSPS) is 20.2. The molecule has 0 atom stereocenters. The molecule has 10 heteroatoms. The minimum Gasteiger partial charge on any atom is -0.379 e. The number of methoxy groups -OCH3 is 1. The number of carbonyl (C=O) groups excluding carboxylic acids is 1. The predicted octanol–water partition coefficient (Wildman–Crippen LogP) is 0.514. The summed E-state index contributed by atoms with van der Waals surface area (Å²) in [6.07, 6.45) is 1.26. The molecule has 0 aromatic heterocycles. The summed E-state index contributed by atoms with van der Waals surface area (Å²) in [5.41, 5.74) is 0.0506. The van der Waals surface area contributed by atoms with Crippen molar-refractivity contribution in [1.29, 1.82) is 0 Å². The van der Waals surface area contributed by atoms with Gasteiger partial charge in [-0.25, -0.2) is 8.42 Å². The van der Waals surface area contributed by atoms with Gasteiger partial charge in [-0.3, -0.25) is 4.79 Å². The highest BCUT2D eigenvalue weighted by atomic mass is 35.5. The number of hydrogen-bond donors (Lipinski definition) is 2. The zero-order valence-electron chi connectivity index (χ0n) is 16.0. The highest BCUT2D eigenvalue weighted by molar-refractivity contribution is 7.89. The Bertz CT molecular complexity index is 745. The minimum atomic E-state index is -3.50. The first-order valence-electron chi connectivity index (χ1n) is 9.19. The van der Waals surface area contributed by atoms with E-state index in [4.69, 9.17) is 9.47 Å². The summed E-state index contributed by atoms with van der Waals surface area (Å²) in [7, 11) is -1.94. The fraction of sp³-hybridized carbons (Fsp3) is 0.611. The second kappa shape index (κ2) is 10.00. The van der Waals surface area contributed by atoms with E-state index < -0.39 is 15.6 Å². The number of amides is 1. The quantitative estimate of drug-likeness (QED) is 0.678. The molecule has 2 fully saturated rings. The second-order valence-corrected chi connectivity index (χ2v) is 8.73. The third-order valence-electron chi connectivity index (χ3n) is 5.20. The predicted molar refractivity (Wildman–Crippen MR) is 107 cm³/mol. The van der Waals surface area contributed by atoms with Gasteiger partial charge in [0.25, 0.3) is 5.91 Å². The van der Waals surface area contributed by atoms with Crippen molar-refractivity contribution in [3.63, 3.8) is 0 Å². The van der Waals surface area contributed by atoms with Gasteiger partial charge in [-0.15, -0.1) is 12.4 Å². The summed E-state index contributed by atoms with van der Waals surface area (Å²) in [6.45, 7) is 3.39. The van der Waals surface area contributed by atoms with Gasteiger partial charge in [-0.05, 0) is 43.6 Å². The molecule has 8 nitrogen and oxygen atoms in total. The second-order valence-electron chi connectivity index (χ2n) is 6.79. The summed E-state index contributed by atoms with van der Waals surface area (Å²) < 4.78 is 37.4. The maximum absolute atomic E-state index is 12.6. The standard InChI is InChI=1S/C18H27N3O5S.ClH/c1-25-18(6-8-19-9-7-18)17(22)20-14-15-2-4-16(5-3-15)27(23,24)21-10-12-26-13-11-21;/h2-5,19H,6-14H2,1H3,(H,20,22);1H. The van der Waals surface area contributed by atoms with Crippen LogP contribution in [0.1, 0.15) is 18.4 Å². The molecule has 0 radical (unpaired) electrons. The molecule has 158 valence electrons. The number of morpholine rings is 1. The summed E-state index contributed by atoms with van der Waals surface area (Å²) in [5, 5.41) is 6.14. The Morgan fingerprint density at radius 1 is 1.21 bits per heavy atom. The molecular formula is C18H28ClN3O5S. The molecule has 0 aliphatic carbocycles. The lowest BCUT2D eigenvalue weighted by molar-refractivity contribution is -0.146. The van der Waals surface area contributed by atoms with Crippen molar-refractivity contribution in [2.75, 3.05) is 46.5 Å². The topological polar surface area (TPSA) is 97.0 Å². The number of rotatable bonds is 6. The van der Waals surface area contributed by atoms with Gasteiger partial charge < -0.3 is 20.1 Å². The van der Waals surface area contributed by atoms with Crippen LogP contribution in [0.4, 0.5) is 0 Å². The van der Waals surface area contributed by atoms with Crippen molar-refractivity contribution in [1.82, 2.24) is 14.9 Å². The van der Waals surface area contributed by atoms with Gasteiger partial charge in [0.1, 0.15) is 5.60 Å².